The molecule has 0 aromatic rings. The van der Waals surface area contributed by atoms with Gasteiger partial charge in [-0.3, -0.25) is 4.79 Å². The molecular formula is C55H66MgN4O5. The fourth-order valence-corrected chi connectivity index (χ4v) is 9.18. The quantitative estimate of drug-likeness (QED) is 0.0670. The van der Waals surface area contributed by atoms with E-state index in [9.17, 15) is 15.0 Å². The summed E-state index contributed by atoms with van der Waals surface area (Å²) in [5, 5.41) is 31.5. The topological polar surface area (TPSA) is 131 Å². The maximum Gasteiger partial charge on any atom is 2.00 e. The number of allylic oxidation sites excluding steroid dienone is 19. The predicted octanol–water partition coefficient (Wildman–Crippen LogP) is 10.6. The van der Waals surface area contributed by atoms with Crippen molar-refractivity contribution >= 4 is 46.2 Å². The Hall–Kier alpha value is -5.19. The van der Waals surface area contributed by atoms with Gasteiger partial charge >= 0.3 is 29.0 Å². The summed E-state index contributed by atoms with van der Waals surface area (Å²) in [6, 6.07) is 0. The molecule has 6 rings (SSSR count). The molecule has 0 aromatic carbocycles. The van der Waals surface area contributed by atoms with E-state index in [0.29, 0.717) is 40.2 Å². The van der Waals surface area contributed by atoms with Crippen molar-refractivity contribution in [3.05, 3.63) is 162 Å². The van der Waals surface area contributed by atoms with Crippen molar-refractivity contribution in [3.63, 3.8) is 0 Å². The summed E-state index contributed by atoms with van der Waals surface area (Å²) < 4.78 is 11.0. The van der Waals surface area contributed by atoms with Crippen molar-refractivity contribution in [1.82, 2.24) is 5.32 Å². The molecule has 0 amide bonds. The number of nitrogens with one attached hydrogen (secondary N) is 1. The zero-order chi connectivity index (χ0) is 46.4. The largest absolute Gasteiger partial charge is 2.00 e. The number of hydrogen-bond donors (Lipinski definition) is 1. The van der Waals surface area contributed by atoms with Gasteiger partial charge in [-0.1, -0.05) is 72.8 Å². The first-order valence-electron chi connectivity index (χ1n) is 22.9. The van der Waals surface area contributed by atoms with Crippen LogP contribution in [0.4, 0.5) is 0 Å². The van der Waals surface area contributed by atoms with Crippen molar-refractivity contribution in [2.75, 3.05) is 13.7 Å². The molecule has 0 saturated carbocycles. The number of nitrogens with zero attached hydrogens (tertiary/aromatic N) is 3. The SMILES string of the molecule is C=CC1=C(C)C2=NC1=CC1=NC(=CC3=C(C)C4=C([O-])/C(=C(/[O-])OC)C(=C5NC(=C2)C(C)C5CCC(=O)OC/C=C(\C)CC/C=C(\C)CC/C=C(\C)CCC=C(C)C)C4=N3)C(CC)=C1C.[Mg+2]. The number of fused-ring (bicyclic) bond motifs is 5. The van der Waals surface area contributed by atoms with Crippen LogP contribution in [0.1, 0.15) is 127 Å². The minimum absolute atomic E-state index is 0. The molecule has 6 aliphatic rings. The summed E-state index contributed by atoms with van der Waals surface area (Å²) >= 11 is 0. The summed E-state index contributed by atoms with van der Waals surface area (Å²) in [4.78, 5) is 28.6. The summed E-state index contributed by atoms with van der Waals surface area (Å²) in [7, 11) is 1.28. The van der Waals surface area contributed by atoms with Gasteiger partial charge in [-0.05, 0) is 166 Å². The number of aliphatic imine (C=N–C) groups is 3. The van der Waals surface area contributed by atoms with E-state index in [2.05, 4.69) is 85.5 Å². The minimum atomic E-state index is -0.730. The molecule has 1 N–H and O–H groups in total. The van der Waals surface area contributed by atoms with Crippen LogP contribution in [0.5, 0.6) is 0 Å². The Kier molecular flexibility index (Phi) is 17.5. The van der Waals surface area contributed by atoms with E-state index in [1.54, 1.807) is 0 Å². The van der Waals surface area contributed by atoms with E-state index in [0.717, 1.165) is 95.8 Å². The van der Waals surface area contributed by atoms with Gasteiger partial charge in [-0.15, -0.1) is 0 Å². The Labute approximate surface area is 403 Å². The van der Waals surface area contributed by atoms with Crippen LogP contribution in [0.15, 0.2) is 177 Å². The van der Waals surface area contributed by atoms with Gasteiger partial charge in [0, 0.05) is 46.4 Å². The average molecular weight is 887 g/mol. The first-order chi connectivity index (χ1) is 30.6. The first kappa shape index (κ1) is 50.8. The fraction of sp³-hybridized carbons (Fsp3) is 0.418. The molecule has 5 heterocycles. The zero-order valence-electron chi connectivity index (χ0n) is 40.6. The molecule has 5 aliphatic heterocycles. The van der Waals surface area contributed by atoms with E-state index in [-0.39, 0.29) is 59.5 Å². The summed E-state index contributed by atoms with van der Waals surface area (Å²) in [5.41, 5.74) is 16.5. The molecule has 10 heteroatoms. The van der Waals surface area contributed by atoms with Gasteiger partial charge < -0.3 is 25.0 Å². The number of carbonyl (C=O) groups excluding carboxylic acids is 1. The molecule has 0 spiro atoms. The Bertz CT molecular complexity index is 2530. The molecule has 0 aromatic heterocycles. The molecule has 1 aliphatic carbocycles. The number of ether oxygens (including phenoxy) is 2. The summed E-state index contributed by atoms with van der Waals surface area (Å²) in [6.07, 6.45) is 24.2. The van der Waals surface area contributed by atoms with Gasteiger partial charge in [-0.25, -0.2) is 15.0 Å². The van der Waals surface area contributed by atoms with Gasteiger partial charge in [-0.2, -0.15) is 0 Å². The third-order valence-electron chi connectivity index (χ3n) is 13.2. The Balaban J connectivity index is 0.00000793. The Morgan fingerprint density at radius 1 is 0.815 bits per heavy atom. The minimum Gasteiger partial charge on any atom is -0.872 e. The standard InChI is InChI=1S/C55H68N4O5.Mg/c1-13-39-35(8)42-28-44-37(10)41(24-25-48(60)64-27-26-34(7)23-17-22-33(6)21-16-20-32(5)19-15-18-31(3)4)52(58-44)50-51(55(62)63-12)54(61)49-38(11)45(59-53(49)50)30-47-40(14-2)36(9)43(57-47)29-46(39)56-42;/h13,18,20,22,26,28-30,37,41,58,61-62H,1,14-17,19,21,23-25,27H2,2-12H3;/q;+2/p-2/b32-20+,33-22+,34-26+,44-28?,46-29?,47-30?,52-50?,55-51-;. The van der Waals surface area contributed by atoms with Gasteiger partial charge in [0.15, 0.2) is 0 Å². The van der Waals surface area contributed by atoms with Gasteiger partial charge in [0.05, 0.1) is 40.2 Å². The van der Waals surface area contributed by atoms with Crippen LogP contribution in [-0.2, 0) is 14.3 Å². The number of rotatable bonds is 17. The summed E-state index contributed by atoms with van der Waals surface area (Å²) in [5.74, 6) is -1.92. The van der Waals surface area contributed by atoms with Crippen LogP contribution < -0.4 is 15.5 Å². The molecule has 2 unspecified atom stereocenters. The Morgan fingerprint density at radius 3 is 2.05 bits per heavy atom. The van der Waals surface area contributed by atoms with Crippen LogP contribution in [0, 0.1) is 11.8 Å². The van der Waals surface area contributed by atoms with E-state index < -0.39 is 11.7 Å². The molecule has 8 bridgehead atoms. The van der Waals surface area contributed by atoms with Crippen molar-refractivity contribution in [3.8, 4) is 0 Å². The number of carbonyl (C=O) groups is 1. The summed E-state index contributed by atoms with van der Waals surface area (Å²) in [6.45, 7) is 25.3. The van der Waals surface area contributed by atoms with Crippen LogP contribution in [0.25, 0.3) is 0 Å². The molecule has 338 valence electrons. The number of esters is 1. The predicted molar refractivity (Wildman–Crippen MR) is 263 cm³/mol. The van der Waals surface area contributed by atoms with E-state index >= 15 is 0 Å². The van der Waals surface area contributed by atoms with Crippen LogP contribution in [0.3, 0.4) is 0 Å². The van der Waals surface area contributed by atoms with Crippen molar-refractivity contribution in [2.45, 2.75) is 127 Å². The van der Waals surface area contributed by atoms with E-state index in [1.807, 2.05) is 44.2 Å². The second kappa shape index (κ2) is 22.3. The molecule has 65 heavy (non-hydrogen) atoms. The second-order valence-corrected chi connectivity index (χ2v) is 18.0. The zero-order valence-corrected chi connectivity index (χ0v) is 42.1. The molecule has 2 atom stereocenters. The second-order valence-electron chi connectivity index (χ2n) is 18.0. The van der Waals surface area contributed by atoms with Crippen molar-refractivity contribution in [2.24, 2.45) is 26.8 Å². The molecule has 9 nitrogen and oxygen atoms in total. The van der Waals surface area contributed by atoms with E-state index in [1.165, 1.54) is 29.4 Å². The maximum absolute atomic E-state index is 14.3. The smallest absolute Gasteiger partial charge is 0.872 e. The maximum atomic E-state index is 14.3. The van der Waals surface area contributed by atoms with Crippen LogP contribution in [-0.4, -0.2) is 59.9 Å². The average Bonchev–Trinajstić information content (AvgIpc) is 3.99. The van der Waals surface area contributed by atoms with Crippen LogP contribution >= 0.6 is 0 Å². The monoisotopic (exact) mass is 886 g/mol. The van der Waals surface area contributed by atoms with Gasteiger partial charge in [0.2, 0.25) is 0 Å². The molecular weight excluding hydrogens is 821 g/mol. The molecule has 1 fully saturated rings. The molecule has 1 saturated heterocycles. The van der Waals surface area contributed by atoms with Crippen LogP contribution in [0.2, 0.25) is 0 Å². The molecule has 0 radical (unpaired) electrons. The van der Waals surface area contributed by atoms with Gasteiger partial charge in [0.1, 0.15) is 6.61 Å². The third-order valence-corrected chi connectivity index (χ3v) is 13.2. The fourth-order valence-electron chi connectivity index (χ4n) is 9.18. The number of methoxy groups -OCH3 is 1. The van der Waals surface area contributed by atoms with E-state index in [4.69, 9.17) is 24.5 Å². The first-order valence-corrected chi connectivity index (χ1v) is 22.9. The third kappa shape index (κ3) is 11.3. The number of hydrogen-bond acceptors (Lipinski definition) is 9. The Morgan fingerprint density at radius 2 is 1.43 bits per heavy atom. The van der Waals surface area contributed by atoms with Crippen molar-refractivity contribution < 1.29 is 24.5 Å². The van der Waals surface area contributed by atoms with Crippen molar-refractivity contribution in [1.29, 1.82) is 0 Å². The van der Waals surface area contributed by atoms with Gasteiger partial charge in [0.25, 0.3) is 0 Å². The normalized spacial score (nSPS) is 21.5.